The van der Waals surface area contributed by atoms with Crippen molar-refractivity contribution in [2.45, 2.75) is 140 Å². The van der Waals surface area contributed by atoms with Crippen molar-refractivity contribution in [1.29, 1.82) is 0 Å². The number of H-pyrrole nitrogens is 2. The molecule has 7 rings (SSSR count). The van der Waals surface area contributed by atoms with Gasteiger partial charge in [0.05, 0.1) is 39.1 Å². The third kappa shape index (κ3) is 33.2. The largest absolute Gasteiger partial charge is 0.508 e. The zero-order valence-electron chi connectivity index (χ0n) is 68.4. The number of nitrogens with one attached hydrogen (secondary N) is 13. The van der Waals surface area contributed by atoms with Gasteiger partial charge in [-0.15, -0.1) is 0 Å². The van der Waals surface area contributed by atoms with E-state index in [4.69, 9.17) is 11.5 Å². The van der Waals surface area contributed by atoms with Gasteiger partial charge >= 0.3 is 17.9 Å². The molecule has 2 aromatic heterocycles. The highest BCUT2D eigenvalue weighted by molar-refractivity contribution is 6.01. The number of carboxylic acid groups (broad SMARTS) is 3. The van der Waals surface area contributed by atoms with Crippen LogP contribution in [0.1, 0.15) is 99.0 Å². The fourth-order valence-electron chi connectivity index (χ4n) is 13.3. The number of phenols is 1. The Morgan fingerprint density at radius 1 is 0.475 bits per heavy atom. The molecule has 1 unspecified atom stereocenters. The van der Waals surface area contributed by atoms with Crippen molar-refractivity contribution in [2.24, 2.45) is 17.4 Å². The number of carbonyl (C=O) groups is 16. The summed E-state index contributed by atoms with van der Waals surface area (Å²) in [6.45, 7) is 5.59. The number of fused-ring (bicyclic) bond motifs is 1. The second-order valence-electron chi connectivity index (χ2n) is 30.0. The van der Waals surface area contributed by atoms with Gasteiger partial charge in [-0.3, -0.25) is 96.3 Å². The molecule has 40 heteroatoms. The van der Waals surface area contributed by atoms with Crippen molar-refractivity contribution in [3.63, 3.8) is 0 Å². The lowest BCUT2D eigenvalue weighted by Crippen LogP contribution is -2.59. The summed E-state index contributed by atoms with van der Waals surface area (Å²) in [6, 6.07) is 16.0. The average molecular weight is 1700 g/mol. The lowest BCUT2D eigenvalue weighted by Gasteiger charge is -2.32. The fraction of sp³-hybridized carbons (Fsp3) is 0.451. The SMILES string of the molecule is CCCCC(NC(=O)[C@H](Cc1ccccc1)NC(=O)[C@H](Cc1cnc[nH]1)NC(=O)CCNC(=O)[C@@H](NC(=O)[C@H](C)NC(=O)[C@H](Cc1c[nH]c2ccccc12)NC(=O)[C@H](CCC(N)=O)NC(=O)[C@@H](Cc1ccc(O)cc1)NC(=O)c1ccc(NC(=O)CNC(=O)CN2CCN(CC(=O)O)CCN(CC(=O)O)CCN(CC(=O)O)CC2)cc1)C(C)C)C(N)=O. The average Bonchev–Trinajstić information content (AvgIpc) is 1.66. The summed E-state index contributed by atoms with van der Waals surface area (Å²) >= 11 is 0. The van der Waals surface area contributed by atoms with E-state index >= 15 is 0 Å². The van der Waals surface area contributed by atoms with Gasteiger partial charge in [-0.25, -0.2) is 4.98 Å². The first-order valence-corrected chi connectivity index (χ1v) is 40.0. The number of hydrogen-bond donors (Lipinski definition) is 19. The molecular formula is C82H110N20O20. The zero-order chi connectivity index (χ0) is 89.0. The highest BCUT2D eigenvalue weighted by Crippen LogP contribution is 2.21. The molecular weight excluding hydrogens is 1590 g/mol. The quantitative estimate of drug-likeness (QED) is 0.0191. The molecule has 1 aliphatic rings. The van der Waals surface area contributed by atoms with Gasteiger partial charge in [-0.2, -0.15) is 0 Å². The third-order valence-corrected chi connectivity index (χ3v) is 20.0. The van der Waals surface area contributed by atoms with E-state index in [-0.39, 0.29) is 141 Å². The van der Waals surface area contributed by atoms with E-state index in [2.05, 4.69) is 73.4 Å². The van der Waals surface area contributed by atoms with Gasteiger partial charge in [0.2, 0.25) is 70.9 Å². The Morgan fingerprint density at radius 2 is 0.984 bits per heavy atom. The van der Waals surface area contributed by atoms with Crippen molar-refractivity contribution >= 4 is 111 Å². The normalized spacial score (nSPS) is 15.1. The van der Waals surface area contributed by atoms with Crippen LogP contribution in [-0.4, -0.2) is 290 Å². The number of hydrogen-bond acceptors (Lipinski definition) is 22. The summed E-state index contributed by atoms with van der Waals surface area (Å²) in [7, 11) is 0. The summed E-state index contributed by atoms with van der Waals surface area (Å²) in [4.78, 5) is 231. The minimum atomic E-state index is -1.64. The molecule has 658 valence electrons. The van der Waals surface area contributed by atoms with Crippen molar-refractivity contribution in [3.8, 4) is 5.75 Å². The van der Waals surface area contributed by atoms with Crippen LogP contribution >= 0.6 is 0 Å². The molecule has 3 heterocycles. The number of carbonyl (C=O) groups excluding carboxylic acids is 13. The van der Waals surface area contributed by atoms with Crippen molar-refractivity contribution < 1.29 is 97.1 Å². The number of anilines is 1. The number of imidazole rings is 1. The van der Waals surface area contributed by atoms with Crippen molar-refractivity contribution in [2.75, 3.05) is 96.9 Å². The van der Waals surface area contributed by atoms with Gasteiger partial charge in [-0.1, -0.05) is 94.3 Å². The molecule has 0 aliphatic carbocycles. The van der Waals surface area contributed by atoms with Crippen LogP contribution in [0.25, 0.3) is 10.9 Å². The van der Waals surface area contributed by atoms with Gasteiger partial charge in [0, 0.05) is 138 Å². The molecule has 122 heavy (non-hydrogen) atoms. The Balaban J connectivity index is 0.986. The molecule has 0 saturated carbocycles. The van der Waals surface area contributed by atoms with Crippen LogP contribution in [-0.2, 0) is 97.6 Å². The maximum atomic E-state index is 14.8. The number of para-hydroxylation sites is 1. The standard InChI is InChI=1S/C82H110N20O20/c1-5-6-15-60(74(84)114)93-79(119)63(37-51-12-8-7-9-13-51)96-81(121)65(40-56-42-85-48-89-56)92-67(105)27-28-86-82(122)73(49(2)3)98-75(115)50(4)90-78(118)64(39-54-41-87-59-16-11-10-14-58(54)59)97-77(117)61(25-26-66(83)104)94-80(120)62(38-52-17-23-57(103)24-18-52)95-76(116)53-19-21-55(22-20-53)91-68(106)43-88-69(107)44-99-29-31-100(45-70(108)109)33-35-102(47-72(112)113)36-34-101(32-30-99)46-71(110)111/h7-14,16-24,41-42,48-50,60-65,73,87,103H,5-6,15,25-40,43-47H2,1-4H3,(H2,83,104)(H2,84,114)(H,85,89)(H,86,122)(H,88,107)(H,90,118)(H,91,106)(H,92,105)(H,93,119)(H,94,120)(H,95,116)(H,96,121)(H,97,117)(H,98,115)(H,108,109)(H,110,111)(H,112,113)/t50-,60?,61-,62+,63-,64-,65-,73-/m0/s1. The lowest BCUT2D eigenvalue weighted by molar-refractivity contribution is -0.140. The maximum Gasteiger partial charge on any atom is 0.317 e. The lowest BCUT2D eigenvalue weighted by atomic mass is 10.0. The number of nitrogens with two attached hydrogens (primary N) is 2. The second-order valence-corrected chi connectivity index (χ2v) is 30.0. The van der Waals surface area contributed by atoms with Crippen LogP contribution < -0.4 is 70.0 Å². The van der Waals surface area contributed by atoms with Crippen LogP contribution in [0.3, 0.4) is 0 Å². The molecule has 0 radical (unpaired) electrons. The Labute approximate surface area is 703 Å². The fourth-order valence-corrected chi connectivity index (χ4v) is 13.3. The molecule has 4 aromatic carbocycles. The number of phenolic OH excluding ortho intramolecular Hbond substituents is 1. The summed E-state index contributed by atoms with van der Waals surface area (Å²) in [5.41, 5.74) is 14.1. The maximum absolute atomic E-state index is 14.8. The molecule has 0 bridgehead atoms. The number of aromatic nitrogens is 3. The first-order chi connectivity index (χ1) is 58.2. The van der Waals surface area contributed by atoms with Crippen LogP contribution in [0.5, 0.6) is 5.75 Å². The number of aromatic amines is 2. The number of primary amides is 2. The number of nitrogens with zero attached hydrogens (tertiary/aromatic N) is 5. The molecule has 8 atom stereocenters. The van der Waals surface area contributed by atoms with Crippen molar-refractivity contribution in [1.82, 2.24) is 87.7 Å². The molecule has 1 saturated heterocycles. The van der Waals surface area contributed by atoms with E-state index in [0.29, 0.717) is 39.7 Å². The highest BCUT2D eigenvalue weighted by atomic mass is 16.4. The van der Waals surface area contributed by atoms with Gasteiger partial charge in [0.25, 0.3) is 5.91 Å². The number of unbranched alkanes of at least 4 members (excludes halogenated alkanes) is 1. The number of amides is 13. The molecule has 0 spiro atoms. The number of carboxylic acids is 3. The molecule has 1 aliphatic heterocycles. The van der Waals surface area contributed by atoms with Gasteiger partial charge in [0.1, 0.15) is 54.1 Å². The molecule has 40 nitrogen and oxygen atoms in total. The summed E-state index contributed by atoms with van der Waals surface area (Å²) < 4.78 is 0. The first kappa shape index (κ1) is 95.9. The van der Waals surface area contributed by atoms with E-state index in [1.165, 1.54) is 68.0 Å². The molecule has 1 fully saturated rings. The number of benzene rings is 4. The number of aromatic hydroxyl groups is 1. The number of rotatable bonds is 46. The minimum absolute atomic E-state index is 0.00774. The Kier molecular flexibility index (Phi) is 38.3. The van der Waals surface area contributed by atoms with Crippen LogP contribution in [0.15, 0.2) is 122 Å². The smallest absolute Gasteiger partial charge is 0.317 e. The Bertz CT molecular complexity index is 4540. The van der Waals surface area contributed by atoms with E-state index in [1.54, 1.807) is 94.2 Å². The minimum Gasteiger partial charge on any atom is -0.508 e. The number of aliphatic carboxylic acids is 3. The van der Waals surface area contributed by atoms with Crippen LogP contribution in [0, 0.1) is 5.92 Å². The summed E-state index contributed by atoms with van der Waals surface area (Å²) in [5.74, 6) is -14.4. The third-order valence-electron chi connectivity index (χ3n) is 20.0. The monoisotopic (exact) mass is 1690 g/mol. The Morgan fingerprint density at radius 3 is 1.52 bits per heavy atom. The van der Waals surface area contributed by atoms with Gasteiger partial charge in [-0.05, 0) is 84.8 Å². The predicted octanol–water partition coefficient (Wildman–Crippen LogP) is -2.29. The zero-order valence-corrected chi connectivity index (χ0v) is 68.4. The van der Waals surface area contributed by atoms with Gasteiger partial charge in [0.15, 0.2) is 0 Å². The first-order valence-electron chi connectivity index (χ1n) is 40.0. The van der Waals surface area contributed by atoms with Gasteiger partial charge < -0.3 is 100 Å². The highest BCUT2D eigenvalue weighted by Gasteiger charge is 2.36. The molecule has 21 N–H and O–H groups in total. The topological polar surface area (TPSA) is 596 Å². The van der Waals surface area contributed by atoms with Crippen LogP contribution in [0.2, 0.25) is 0 Å². The van der Waals surface area contributed by atoms with Crippen LogP contribution in [0.4, 0.5) is 5.69 Å². The van der Waals surface area contributed by atoms with Crippen molar-refractivity contribution in [3.05, 3.63) is 150 Å². The van der Waals surface area contributed by atoms with E-state index in [1.807, 2.05) is 6.92 Å². The summed E-state index contributed by atoms with van der Waals surface area (Å²) in [6.07, 6.45) is 4.14. The second kappa shape index (κ2) is 48.8. The predicted molar refractivity (Wildman–Crippen MR) is 443 cm³/mol. The van der Waals surface area contributed by atoms with E-state index in [0.717, 1.165) is 6.42 Å². The summed E-state index contributed by atoms with van der Waals surface area (Å²) in [5, 5.41) is 68.6. The molecule has 6 aromatic rings. The Hall–Kier alpha value is -13.2. The van der Waals surface area contributed by atoms with E-state index < -0.39 is 168 Å². The molecule has 13 amide bonds. The van der Waals surface area contributed by atoms with E-state index in [9.17, 15) is 97.1 Å².